The Hall–Kier alpha value is -1.57. The summed E-state index contributed by atoms with van der Waals surface area (Å²) in [6.45, 7) is 8.23. The van der Waals surface area contributed by atoms with Crippen LogP contribution in [0.25, 0.3) is 0 Å². The Morgan fingerprint density at radius 2 is 2.32 bits per heavy atom. The normalized spacial score (nSPS) is 21.7. The minimum absolute atomic E-state index is 0.0553. The van der Waals surface area contributed by atoms with Crippen molar-refractivity contribution in [3.05, 3.63) is 29.3 Å². The van der Waals surface area contributed by atoms with Crippen molar-refractivity contribution in [1.29, 1.82) is 5.26 Å². The van der Waals surface area contributed by atoms with E-state index in [0.717, 1.165) is 24.4 Å². The maximum atomic E-state index is 8.88. The molecule has 4 heteroatoms. The monoisotopic (exact) mass is 260 g/mol. The summed E-state index contributed by atoms with van der Waals surface area (Å²) in [6.07, 6.45) is 0.0553. The van der Waals surface area contributed by atoms with Gasteiger partial charge in [0, 0.05) is 13.1 Å². The fraction of sp³-hybridized carbons (Fsp3) is 0.533. The van der Waals surface area contributed by atoms with Gasteiger partial charge in [-0.25, -0.2) is 0 Å². The Bertz CT molecular complexity index is 491. The van der Waals surface area contributed by atoms with Crippen LogP contribution in [-0.4, -0.2) is 31.4 Å². The second-order valence-electron chi connectivity index (χ2n) is 5.53. The SMILES string of the molecule is Cc1cc(OCC2CNCC(C)(C)O2)ccc1C#N. The third kappa shape index (κ3) is 3.69. The van der Waals surface area contributed by atoms with Crippen molar-refractivity contribution in [2.24, 2.45) is 0 Å². The third-order valence-electron chi connectivity index (χ3n) is 3.16. The molecule has 1 aromatic carbocycles. The number of nitrogens with one attached hydrogen (secondary N) is 1. The van der Waals surface area contributed by atoms with E-state index >= 15 is 0 Å². The van der Waals surface area contributed by atoms with E-state index < -0.39 is 0 Å². The first kappa shape index (κ1) is 13.9. The molecule has 0 spiro atoms. The van der Waals surface area contributed by atoms with Gasteiger partial charge in [-0.2, -0.15) is 5.26 Å². The van der Waals surface area contributed by atoms with Crippen LogP contribution in [0, 0.1) is 18.3 Å². The molecule has 1 saturated heterocycles. The lowest BCUT2D eigenvalue weighted by molar-refractivity contribution is -0.107. The Morgan fingerprint density at radius 3 is 2.95 bits per heavy atom. The van der Waals surface area contributed by atoms with Crippen LogP contribution in [0.3, 0.4) is 0 Å². The Morgan fingerprint density at radius 1 is 1.53 bits per heavy atom. The molecule has 102 valence electrons. The average Bonchev–Trinajstić information content (AvgIpc) is 2.35. The lowest BCUT2D eigenvalue weighted by atomic mass is 10.1. The van der Waals surface area contributed by atoms with E-state index in [-0.39, 0.29) is 11.7 Å². The molecule has 0 aliphatic carbocycles. The van der Waals surface area contributed by atoms with Crippen molar-refractivity contribution in [3.8, 4) is 11.8 Å². The molecule has 0 amide bonds. The zero-order valence-corrected chi connectivity index (χ0v) is 11.7. The first-order valence-corrected chi connectivity index (χ1v) is 6.52. The summed E-state index contributed by atoms with van der Waals surface area (Å²) >= 11 is 0. The Kier molecular flexibility index (Phi) is 4.08. The average molecular weight is 260 g/mol. The zero-order chi connectivity index (χ0) is 13.9. The summed E-state index contributed by atoms with van der Waals surface area (Å²) in [5.74, 6) is 0.781. The van der Waals surface area contributed by atoms with Gasteiger partial charge >= 0.3 is 0 Å². The van der Waals surface area contributed by atoms with E-state index in [2.05, 4.69) is 25.2 Å². The molecule has 1 aromatic rings. The van der Waals surface area contributed by atoms with Gasteiger partial charge in [0.15, 0.2) is 0 Å². The number of nitrogens with zero attached hydrogens (tertiary/aromatic N) is 1. The van der Waals surface area contributed by atoms with Gasteiger partial charge in [0.2, 0.25) is 0 Å². The predicted octanol–water partition coefficient (Wildman–Crippen LogP) is 2.01. The van der Waals surface area contributed by atoms with Crippen molar-refractivity contribution in [2.75, 3.05) is 19.7 Å². The molecule has 1 aliphatic heterocycles. The smallest absolute Gasteiger partial charge is 0.119 e. The molecule has 0 aromatic heterocycles. The van der Waals surface area contributed by atoms with Crippen molar-refractivity contribution >= 4 is 0 Å². The van der Waals surface area contributed by atoms with Gasteiger partial charge in [0.25, 0.3) is 0 Å². The number of hydrogen-bond donors (Lipinski definition) is 1. The molecule has 1 N–H and O–H groups in total. The minimum Gasteiger partial charge on any atom is -0.491 e. The number of hydrogen-bond acceptors (Lipinski definition) is 4. The molecule has 0 radical (unpaired) electrons. The molecule has 1 unspecified atom stereocenters. The molecular formula is C15H20N2O2. The molecular weight excluding hydrogens is 240 g/mol. The third-order valence-corrected chi connectivity index (χ3v) is 3.16. The Balaban J connectivity index is 1.92. The highest BCUT2D eigenvalue weighted by Gasteiger charge is 2.28. The van der Waals surface area contributed by atoms with Gasteiger partial charge in [-0.05, 0) is 44.5 Å². The summed E-state index contributed by atoms with van der Waals surface area (Å²) < 4.78 is 11.7. The summed E-state index contributed by atoms with van der Waals surface area (Å²) in [7, 11) is 0. The topological polar surface area (TPSA) is 54.3 Å². The molecule has 1 heterocycles. The second-order valence-corrected chi connectivity index (χ2v) is 5.53. The van der Waals surface area contributed by atoms with Gasteiger partial charge in [0.1, 0.15) is 18.5 Å². The molecule has 1 aliphatic rings. The number of nitriles is 1. The maximum Gasteiger partial charge on any atom is 0.119 e. The number of aryl methyl sites for hydroxylation is 1. The maximum absolute atomic E-state index is 8.88. The fourth-order valence-corrected chi connectivity index (χ4v) is 2.20. The van der Waals surface area contributed by atoms with Gasteiger partial charge in [-0.1, -0.05) is 0 Å². The van der Waals surface area contributed by atoms with Gasteiger partial charge in [-0.3, -0.25) is 0 Å². The lowest BCUT2D eigenvalue weighted by Crippen LogP contribution is -2.52. The highest BCUT2D eigenvalue weighted by Crippen LogP contribution is 2.19. The van der Waals surface area contributed by atoms with Crippen molar-refractivity contribution in [2.45, 2.75) is 32.5 Å². The summed E-state index contributed by atoms with van der Waals surface area (Å²) in [6, 6.07) is 7.65. The first-order chi connectivity index (χ1) is 9.00. The van der Waals surface area contributed by atoms with Crippen LogP contribution in [0.15, 0.2) is 18.2 Å². The molecule has 0 bridgehead atoms. The van der Waals surface area contributed by atoms with Crippen LogP contribution in [0.2, 0.25) is 0 Å². The standard InChI is InChI=1S/C15H20N2O2/c1-11-6-13(5-4-12(11)7-16)18-9-14-8-17-10-15(2,3)19-14/h4-6,14,17H,8-10H2,1-3H3. The van der Waals surface area contributed by atoms with Crippen LogP contribution in [0.5, 0.6) is 5.75 Å². The van der Waals surface area contributed by atoms with Crippen LogP contribution in [-0.2, 0) is 4.74 Å². The number of benzene rings is 1. The van der Waals surface area contributed by atoms with E-state index in [9.17, 15) is 0 Å². The second kappa shape index (κ2) is 5.60. The highest BCUT2D eigenvalue weighted by atomic mass is 16.5. The number of ether oxygens (including phenoxy) is 2. The van der Waals surface area contributed by atoms with Crippen molar-refractivity contribution in [1.82, 2.24) is 5.32 Å². The molecule has 1 atom stereocenters. The largest absolute Gasteiger partial charge is 0.491 e. The van der Waals surface area contributed by atoms with Gasteiger partial charge in [0.05, 0.1) is 17.2 Å². The van der Waals surface area contributed by atoms with Gasteiger partial charge < -0.3 is 14.8 Å². The van der Waals surface area contributed by atoms with E-state index in [0.29, 0.717) is 12.2 Å². The molecule has 1 fully saturated rings. The van der Waals surface area contributed by atoms with Crippen LogP contribution >= 0.6 is 0 Å². The van der Waals surface area contributed by atoms with Crippen molar-refractivity contribution < 1.29 is 9.47 Å². The summed E-state index contributed by atoms with van der Waals surface area (Å²) in [4.78, 5) is 0. The molecule has 19 heavy (non-hydrogen) atoms. The highest BCUT2D eigenvalue weighted by molar-refractivity contribution is 5.41. The fourth-order valence-electron chi connectivity index (χ4n) is 2.20. The lowest BCUT2D eigenvalue weighted by Gasteiger charge is -2.36. The van der Waals surface area contributed by atoms with E-state index in [1.165, 1.54) is 0 Å². The quantitative estimate of drug-likeness (QED) is 0.903. The van der Waals surface area contributed by atoms with Crippen LogP contribution in [0.1, 0.15) is 25.0 Å². The summed E-state index contributed by atoms with van der Waals surface area (Å²) in [5, 5.41) is 12.2. The molecule has 0 saturated carbocycles. The van der Waals surface area contributed by atoms with E-state index in [1.807, 2.05) is 19.1 Å². The van der Waals surface area contributed by atoms with E-state index in [1.54, 1.807) is 6.07 Å². The first-order valence-electron chi connectivity index (χ1n) is 6.52. The zero-order valence-electron chi connectivity index (χ0n) is 11.7. The molecule has 4 nitrogen and oxygen atoms in total. The number of morpholine rings is 1. The van der Waals surface area contributed by atoms with Gasteiger partial charge in [-0.15, -0.1) is 0 Å². The van der Waals surface area contributed by atoms with Crippen LogP contribution < -0.4 is 10.1 Å². The van der Waals surface area contributed by atoms with Crippen molar-refractivity contribution in [3.63, 3.8) is 0 Å². The minimum atomic E-state index is -0.146. The van der Waals surface area contributed by atoms with E-state index in [4.69, 9.17) is 14.7 Å². The Labute approximate surface area is 114 Å². The molecule has 2 rings (SSSR count). The predicted molar refractivity (Wildman–Crippen MR) is 73.2 cm³/mol. The summed E-state index contributed by atoms with van der Waals surface area (Å²) in [5.41, 5.74) is 1.47. The number of rotatable bonds is 3. The van der Waals surface area contributed by atoms with Crippen LogP contribution in [0.4, 0.5) is 0 Å².